The largest absolute Gasteiger partial charge is 0.497 e. The second-order valence-corrected chi connectivity index (χ2v) is 8.69. The molecule has 1 aromatic carbocycles. The fourth-order valence-corrected chi connectivity index (χ4v) is 4.92. The Morgan fingerprint density at radius 2 is 2.06 bits per heavy atom. The molecule has 0 unspecified atom stereocenters. The van der Waals surface area contributed by atoms with E-state index in [0.717, 1.165) is 5.56 Å². The van der Waals surface area contributed by atoms with Crippen LogP contribution < -0.4 is 15.8 Å². The van der Waals surface area contributed by atoms with Crippen molar-refractivity contribution in [3.05, 3.63) is 29.8 Å². The molecule has 3 amide bonds. The Labute approximate surface area is 188 Å². The number of aliphatic hydroxyl groups excluding tert-OH is 1. The Balaban J connectivity index is 1.90. The van der Waals surface area contributed by atoms with Gasteiger partial charge < -0.3 is 30.7 Å². The number of likely N-dealkylation sites (N-methyl/N-ethyl adjacent to an activating group) is 1. The molecule has 0 radical (unpaired) electrons. The monoisotopic (exact) mass is 446 g/mol. The van der Waals surface area contributed by atoms with Crippen LogP contribution >= 0.6 is 0 Å². The third kappa shape index (κ3) is 4.45. The van der Waals surface area contributed by atoms with Gasteiger partial charge in [-0.1, -0.05) is 12.1 Å². The second-order valence-electron chi connectivity index (χ2n) is 8.69. The van der Waals surface area contributed by atoms with Gasteiger partial charge in [0, 0.05) is 26.6 Å². The van der Waals surface area contributed by atoms with Gasteiger partial charge in [-0.05, 0) is 50.3 Å². The molecule has 0 spiro atoms. The van der Waals surface area contributed by atoms with Crippen LogP contribution in [-0.2, 0) is 20.8 Å². The van der Waals surface area contributed by atoms with Crippen molar-refractivity contribution in [2.24, 2.45) is 5.73 Å². The van der Waals surface area contributed by atoms with Crippen LogP contribution in [0.4, 0.5) is 0 Å². The molecule has 0 aliphatic carbocycles. The molecule has 0 aromatic heterocycles. The van der Waals surface area contributed by atoms with Gasteiger partial charge in [0.15, 0.2) is 0 Å². The highest BCUT2D eigenvalue weighted by molar-refractivity contribution is 5.96. The van der Waals surface area contributed by atoms with E-state index in [1.54, 1.807) is 19.1 Å². The Morgan fingerprint density at radius 1 is 1.31 bits per heavy atom. The highest BCUT2D eigenvalue weighted by Crippen LogP contribution is 2.36. The number of amides is 3. The van der Waals surface area contributed by atoms with E-state index >= 15 is 0 Å². The molecule has 1 aromatic rings. The SMILES string of the molecule is CNC(=O)[C@]1(Cc2cccc(OC)c2)CCCN1C(=O)[C@@H]1CCCN1C(=O)[C@@H](N)[C@@H](C)O. The van der Waals surface area contributed by atoms with Crippen molar-refractivity contribution >= 4 is 17.7 Å². The minimum atomic E-state index is -1.08. The Hall–Kier alpha value is -2.65. The zero-order valence-corrected chi connectivity index (χ0v) is 19.0. The van der Waals surface area contributed by atoms with Gasteiger partial charge >= 0.3 is 0 Å². The third-order valence-electron chi connectivity index (χ3n) is 6.66. The topological polar surface area (TPSA) is 125 Å². The maximum Gasteiger partial charge on any atom is 0.246 e. The van der Waals surface area contributed by atoms with E-state index in [2.05, 4.69) is 5.32 Å². The molecule has 9 heteroatoms. The lowest BCUT2D eigenvalue weighted by Gasteiger charge is -2.40. The molecule has 2 heterocycles. The highest BCUT2D eigenvalue weighted by atomic mass is 16.5. The molecule has 2 aliphatic heterocycles. The average Bonchev–Trinajstić information content (AvgIpc) is 3.45. The normalized spacial score (nSPS) is 24.8. The van der Waals surface area contributed by atoms with Gasteiger partial charge in [0.1, 0.15) is 23.4 Å². The lowest BCUT2D eigenvalue weighted by Crippen LogP contribution is -2.62. The number of hydrogen-bond donors (Lipinski definition) is 3. The van der Waals surface area contributed by atoms with Gasteiger partial charge in [-0.15, -0.1) is 0 Å². The molecule has 4 atom stereocenters. The minimum Gasteiger partial charge on any atom is -0.497 e. The van der Waals surface area contributed by atoms with Crippen molar-refractivity contribution in [2.75, 3.05) is 27.2 Å². The molecule has 32 heavy (non-hydrogen) atoms. The summed E-state index contributed by atoms with van der Waals surface area (Å²) in [6.45, 7) is 2.31. The Kier molecular flexibility index (Phi) is 7.40. The molecule has 9 nitrogen and oxygen atoms in total. The fourth-order valence-electron chi connectivity index (χ4n) is 4.92. The van der Waals surface area contributed by atoms with Crippen molar-refractivity contribution in [3.63, 3.8) is 0 Å². The number of hydrogen-bond acceptors (Lipinski definition) is 6. The Morgan fingerprint density at radius 3 is 2.72 bits per heavy atom. The van der Waals surface area contributed by atoms with Crippen molar-refractivity contribution in [1.29, 1.82) is 0 Å². The van der Waals surface area contributed by atoms with Crippen LogP contribution in [-0.4, -0.2) is 83.6 Å². The van der Waals surface area contributed by atoms with Gasteiger partial charge in [0.05, 0.1) is 13.2 Å². The zero-order valence-electron chi connectivity index (χ0n) is 19.0. The number of carbonyl (C=O) groups is 3. The number of methoxy groups -OCH3 is 1. The number of aliphatic hydroxyl groups is 1. The summed E-state index contributed by atoms with van der Waals surface area (Å²) in [6, 6.07) is 5.73. The van der Waals surface area contributed by atoms with E-state index in [1.807, 2.05) is 24.3 Å². The first-order chi connectivity index (χ1) is 15.2. The van der Waals surface area contributed by atoms with E-state index in [1.165, 1.54) is 11.8 Å². The summed E-state index contributed by atoms with van der Waals surface area (Å²) < 4.78 is 5.32. The standard InChI is InChI=1S/C23H34N4O5/c1-15(28)19(24)21(30)26-11-5-9-18(26)20(29)27-12-6-10-23(27,22(31)25-2)14-16-7-4-8-17(13-16)32-3/h4,7-8,13,15,18-19,28H,5-6,9-12,14,24H2,1-3H3,(H,25,31)/t15-,18+,19+,23-/m1/s1. The van der Waals surface area contributed by atoms with Gasteiger partial charge in [0.25, 0.3) is 0 Å². The molecule has 2 aliphatic rings. The smallest absolute Gasteiger partial charge is 0.246 e. The lowest BCUT2D eigenvalue weighted by atomic mass is 9.86. The van der Waals surface area contributed by atoms with Crippen LogP contribution in [0.2, 0.25) is 0 Å². The number of ether oxygens (including phenoxy) is 1. The summed E-state index contributed by atoms with van der Waals surface area (Å²) >= 11 is 0. The highest BCUT2D eigenvalue weighted by Gasteiger charge is 2.52. The number of rotatable bonds is 7. The predicted octanol–water partition coefficient (Wildman–Crippen LogP) is 0.0440. The van der Waals surface area contributed by atoms with Crippen molar-refractivity contribution in [3.8, 4) is 5.75 Å². The van der Waals surface area contributed by atoms with E-state index in [9.17, 15) is 19.5 Å². The van der Waals surface area contributed by atoms with E-state index < -0.39 is 29.6 Å². The third-order valence-corrected chi connectivity index (χ3v) is 6.66. The number of benzene rings is 1. The molecule has 4 N–H and O–H groups in total. The lowest BCUT2D eigenvalue weighted by molar-refractivity contribution is -0.152. The summed E-state index contributed by atoms with van der Waals surface area (Å²) in [6.07, 6.45) is 1.75. The second kappa shape index (κ2) is 9.87. The predicted molar refractivity (Wildman–Crippen MR) is 119 cm³/mol. The van der Waals surface area contributed by atoms with Crippen molar-refractivity contribution < 1.29 is 24.2 Å². The molecule has 2 fully saturated rings. The molecular weight excluding hydrogens is 412 g/mol. The first kappa shape index (κ1) is 24.0. The van der Waals surface area contributed by atoms with E-state index in [0.29, 0.717) is 50.9 Å². The Bertz CT molecular complexity index is 861. The van der Waals surface area contributed by atoms with Gasteiger partial charge in [-0.3, -0.25) is 14.4 Å². The van der Waals surface area contributed by atoms with Crippen molar-refractivity contribution in [2.45, 2.75) is 62.8 Å². The van der Waals surface area contributed by atoms with Crippen LogP contribution in [0.5, 0.6) is 5.75 Å². The summed E-state index contributed by atoms with van der Waals surface area (Å²) in [4.78, 5) is 42.8. The average molecular weight is 447 g/mol. The van der Waals surface area contributed by atoms with Crippen LogP contribution in [0.25, 0.3) is 0 Å². The van der Waals surface area contributed by atoms with E-state index in [-0.39, 0.29) is 11.8 Å². The quantitative estimate of drug-likeness (QED) is 0.543. The zero-order chi connectivity index (χ0) is 23.5. The van der Waals surface area contributed by atoms with Crippen LogP contribution in [0.15, 0.2) is 24.3 Å². The summed E-state index contributed by atoms with van der Waals surface area (Å²) in [5.74, 6) is -0.209. The maximum atomic E-state index is 13.7. The van der Waals surface area contributed by atoms with Gasteiger partial charge in [-0.25, -0.2) is 0 Å². The molecule has 3 rings (SSSR count). The number of nitrogens with zero attached hydrogens (tertiary/aromatic N) is 2. The molecule has 0 saturated carbocycles. The fraction of sp³-hybridized carbons (Fsp3) is 0.609. The first-order valence-electron chi connectivity index (χ1n) is 11.2. The number of likely N-dealkylation sites (tertiary alicyclic amines) is 2. The molecule has 2 saturated heterocycles. The minimum absolute atomic E-state index is 0.220. The van der Waals surface area contributed by atoms with Gasteiger partial charge in [-0.2, -0.15) is 0 Å². The summed E-state index contributed by atoms with van der Waals surface area (Å²) in [5.41, 5.74) is 5.72. The summed E-state index contributed by atoms with van der Waals surface area (Å²) in [7, 11) is 3.16. The summed E-state index contributed by atoms with van der Waals surface area (Å²) in [5, 5.41) is 12.5. The molecular formula is C23H34N4O5. The number of nitrogens with two attached hydrogens (primary N) is 1. The number of nitrogens with one attached hydrogen (secondary N) is 1. The van der Waals surface area contributed by atoms with Crippen LogP contribution in [0.1, 0.15) is 38.2 Å². The van der Waals surface area contributed by atoms with E-state index in [4.69, 9.17) is 10.5 Å². The maximum absolute atomic E-state index is 13.7. The van der Waals surface area contributed by atoms with Crippen molar-refractivity contribution in [1.82, 2.24) is 15.1 Å². The first-order valence-corrected chi connectivity index (χ1v) is 11.2. The molecule has 0 bridgehead atoms. The number of carbonyl (C=O) groups excluding carboxylic acids is 3. The van der Waals surface area contributed by atoms with Crippen LogP contribution in [0.3, 0.4) is 0 Å². The molecule has 176 valence electrons. The van der Waals surface area contributed by atoms with Crippen LogP contribution in [0, 0.1) is 0 Å². The van der Waals surface area contributed by atoms with Gasteiger partial charge in [0.2, 0.25) is 17.7 Å².